The molecule has 0 radical (unpaired) electrons. The fourth-order valence-electron chi connectivity index (χ4n) is 2.04. The van der Waals surface area contributed by atoms with Crippen molar-refractivity contribution in [2.45, 2.75) is 18.9 Å². The third-order valence-electron chi connectivity index (χ3n) is 2.92. The average Bonchev–Trinajstić information content (AvgIpc) is 2.81. The molecule has 1 aromatic rings. The molecule has 1 aromatic heterocycles. The predicted octanol–water partition coefficient (Wildman–Crippen LogP) is 0.450. The molecular formula is C11H11F2N3O2. The van der Waals surface area contributed by atoms with Gasteiger partial charge in [-0.3, -0.25) is 9.59 Å². The number of aromatic nitrogens is 1. The van der Waals surface area contributed by atoms with Crippen LogP contribution in [0, 0.1) is 11.8 Å². The summed E-state index contributed by atoms with van der Waals surface area (Å²) in [5, 5.41) is 0. The van der Waals surface area contributed by atoms with Crippen LogP contribution in [-0.2, 0) is 4.79 Å². The lowest BCUT2D eigenvalue weighted by molar-refractivity contribution is -0.121. The standard InChI is InChI=1S/C11H11F2N3O2/c12-8-6(3-4-15-9(8)13)11(18)16-5-1-2-7(16)10(14)17/h3-4,7H,1-2,5H2,(H2,14,17). The fraction of sp³-hybridized carbons (Fsp3) is 0.364. The smallest absolute Gasteiger partial charge is 0.257 e. The van der Waals surface area contributed by atoms with Crippen molar-refractivity contribution in [2.75, 3.05) is 6.54 Å². The van der Waals surface area contributed by atoms with Gasteiger partial charge in [0, 0.05) is 12.7 Å². The number of amides is 2. The van der Waals surface area contributed by atoms with Crippen LogP contribution >= 0.6 is 0 Å². The van der Waals surface area contributed by atoms with Crippen LogP contribution in [0.15, 0.2) is 12.3 Å². The normalized spacial score (nSPS) is 19.0. The number of rotatable bonds is 2. The molecule has 1 fully saturated rings. The highest BCUT2D eigenvalue weighted by Gasteiger charge is 2.34. The van der Waals surface area contributed by atoms with Gasteiger partial charge >= 0.3 is 0 Å². The maximum Gasteiger partial charge on any atom is 0.257 e. The minimum absolute atomic E-state index is 0.301. The van der Waals surface area contributed by atoms with Gasteiger partial charge in [-0.2, -0.15) is 4.39 Å². The average molecular weight is 255 g/mol. The van der Waals surface area contributed by atoms with E-state index in [0.29, 0.717) is 19.4 Å². The van der Waals surface area contributed by atoms with E-state index in [1.165, 1.54) is 4.90 Å². The summed E-state index contributed by atoms with van der Waals surface area (Å²) in [5.41, 5.74) is 4.72. The molecule has 0 saturated carbocycles. The zero-order valence-corrected chi connectivity index (χ0v) is 9.40. The van der Waals surface area contributed by atoms with Crippen LogP contribution in [0.3, 0.4) is 0 Å². The molecule has 0 spiro atoms. The maximum absolute atomic E-state index is 13.4. The molecule has 0 aromatic carbocycles. The molecule has 5 nitrogen and oxygen atoms in total. The molecule has 18 heavy (non-hydrogen) atoms. The molecule has 1 unspecified atom stereocenters. The van der Waals surface area contributed by atoms with Gasteiger partial charge in [0.05, 0.1) is 5.56 Å². The Bertz CT molecular complexity index is 507. The highest BCUT2D eigenvalue weighted by atomic mass is 19.2. The molecule has 1 atom stereocenters. The second-order valence-corrected chi connectivity index (χ2v) is 4.02. The lowest BCUT2D eigenvalue weighted by atomic mass is 10.2. The number of halogens is 2. The van der Waals surface area contributed by atoms with Gasteiger partial charge in [0.15, 0.2) is 5.82 Å². The van der Waals surface area contributed by atoms with E-state index in [4.69, 9.17) is 5.73 Å². The molecule has 0 aliphatic carbocycles. The van der Waals surface area contributed by atoms with E-state index in [1.54, 1.807) is 0 Å². The van der Waals surface area contributed by atoms with E-state index in [9.17, 15) is 18.4 Å². The second kappa shape index (κ2) is 4.67. The van der Waals surface area contributed by atoms with E-state index in [2.05, 4.69) is 4.98 Å². The first-order valence-corrected chi connectivity index (χ1v) is 5.42. The van der Waals surface area contributed by atoms with Crippen molar-refractivity contribution in [1.29, 1.82) is 0 Å². The van der Waals surface area contributed by atoms with E-state index >= 15 is 0 Å². The van der Waals surface area contributed by atoms with Gasteiger partial charge in [-0.25, -0.2) is 9.37 Å². The van der Waals surface area contributed by atoms with Crippen molar-refractivity contribution in [1.82, 2.24) is 9.88 Å². The molecule has 1 saturated heterocycles. The van der Waals surface area contributed by atoms with Gasteiger partial charge in [0.2, 0.25) is 11.9 Å². The summed E-state index contributed by atoms with van der Waals surface area (Å²) in [4.78, 5) is 27.4. The van der Waals surface area contributed by atoms with Gasteiger partial charge in [-0.1, -0.05) is 0 Å². The van der Waals surface area contributed by atoms with Gasteiger partial charge in [-0.15, -0.1) is 0 Å². The topological polar surface area (TPSA) is 76.3 Å². The number of primary amides is 1. The van der Waals surface area contributed by atoms with Gasteiger partial charge in [-0.05, 0) is 18.9 Å². The first-order valence-electron chi connectivity index (χ1n) is 5.42. The summed E-state index contributed by atoms with van der Waals surface area (Å²) in [6.07, 6.45) is 2.05. The monoisotopic (exact) mass is 255 g/mol. The first kappa shape index (κ1) is 12.4. The quantitative estimate of drug-likeness (QED) is 0.779. The van der Waals surface area contributed by atoms with Crippen LogP contribution in [-0.4, -0.2) is 34.3 Å². The largest absolute Gasteiger partial charge is 0.368 e. The highest BCUT2D eigenvalue weighted by molar-refractivity contribution is 5.97. The number of pyridine rings is 1. The molecule has 2 amide bonds. The van der Waals surface area contributed by atoms with E-state index in [-0.39, 0.29) is 0 Å². The summed E-state index contributed by atoms with van der Waals surface area (Å²) in [6, 6.07) is 0.324. The number of nitrogens with zero attached hydrogens (tertiary/aromatic N) is 2. The van der Waals surface area contributed by atoms with Crippen LogP contribution in [0.4, 0.5) is 8.78 Å². The summed E-state index contributed by atoms with van der Waals surface area (Å²) in [5.74, 6) is -4.03. The Hall–Kier alpha value is -2.05. The number of carbonyl (C=O) groups excluding carboxylic acids is 2. The molecule has 1 aliphatic heterocycles. The maximum atomic E-state index is 13.4. The lowest BCUT2D eigenvalue weighted by Crippen LogP contribution is -2.44. The van der Waals surface area contributed by atoms with Gasteiger partial charge in [0.25, 0.3) is 5.91 Å². The Kier molecular flexibility index (Phi) is 3.22. The number of nitrogens with two attached hydrogens (primary N) is 1. The van der Waals surface area contributed by atoms with Crippen LogP contribution in [0.5, 0.6) is 0 Å². The Morgan fingerprint density at radius 1 is 1.44 bits per heavy atom. The zero-order valence-electron chi connectivity index (χ0n) is 9.40. The Labute approximate surface area is 102 Å². The van der Waals surface area contributed by atoms with E-state index in [1.807, 2.05) is 0 Å². The van der Waals surface area contributed by atoms with Crippen molar-refractivity contribution in [3.05, 3.63) is 29.6 Å². The summed E-state index contributed by atoms with van der Waals surface area (Å²) < 4.78 is 26.4. The van der Waals surface area contributed by atoms with Crippen LogP contribution in [0.1, 0.15) is 23.2 Å². The molecule has 2 heterocycles. The molecule has 96 valence electrons. The molecule has 2 rings (SSSR count). The third kappa shape index (κ3) is 2.03. The molecule has 7 heteroatoms. The minimum atomic E-state index is -1.34. The van der Waals surface area contributed by atoms with Gasteiger partial charge in [0.1, 0.15) is 6.04 Å². The summed E-state index contributed by atoms with van der Waals surface area (Å²) in [7, 11) is 0. The van der Waals surface area contributed by atoms with Crippen LogP contribution in [0.2, 0.25) is 0 Å². The molecule has 1 aliphatic rings. The van der Waals surface area contributed by atoms with Crippen LogP contribution in [0.25, 0.3) is 0 Å². The number of likely N-dealkylation sites (tertiary alicyclic amines) is 1. The highest BCUT2D eigenvalue weighted by Crippen LogP contribution is 2.21. The number of carbonyl (C=O) groups is 2. The van der Waals surface area contributed by atoms with Crippen molar-refractivity contribution in [3.8, 4) is 0 Å². The van der Waals surface area contributed by atoms with Crippen molar-refractivity contribution in [2.24, 2.45) is 5.73 Å². The van der Waals surface area contributed by atoms with Gasteiger partial charge < -0.3 is 10.6 Å². The minimum Gasteiger partial charge on any atom is -0.368 e. The van der Waals surface area contributed by atoms with Crippen molar-refractivity contribution in [3.63, 3.8) is 0 Å². The first-order chi connectivity index (χ1) is 8.52. The Morgan fingerprint density at radius 3 is 2.83 bits per heavy atom. The fourth-order valence-corrected chi connectivity index (χ4v) is 2.04. The summed E-state index contributed by atoms with van der Waals surface area (Å²) in [6.45, 7) is 0.301. The second-order valence-electron chi connectivity index (χ2n) is 4.02. The Balaban J connectivity index is 2.31. The SMILES string of the molecule is NC(=O)C1CCCN1C(=O)c1ccnc(F)c1F. The zero-order chi connectivity index (χ0) is 13.3. The van der Waals surface area contributed by atoms with Crippen LogP contribution < -0.4 is 5.73 Å². The number of hydrogen-bond donors (Lipinski definition) is 1. The molecular weight excluding hydrogens is 244 g/mol. The van der Waals surface area contributed by atoms with E-state index < -0.39 is 35.2 Å². The predicted molar refractivity (Wildman–Crippen MR) is 57.4 cm³/mol. The van der Waals surface area contributed by atoms with Crippen molar-refractivity contribution < 1.29 is 18.4 Å². The molecule has 0 bridgehead atoms. The molecule has 2 N–H and O–H groups in total. The van der Waals surface area contributed by atoms with Crippen molar-refractivity contribution >= 4 is 11.8 Å². The Morgan fingerprint density at radius 2 is 2.17 bits per heavy atom. The lowest BCUT2D eigenvalue weighted by Gasteiger charge is -2.22. The third-order valence-corrected chi connectivity index (χ3v) is 2.92. The summed E-state index contributed by atoms with van der Waals surface area (Å²) >= 11 is 0. The number of hydrogen-bond acceptors (Lipinski definition) is 3. The van der Waals surface area contributed by atoms with E-state index in [0.717, 1.165) is 12.3 Å².